The molecule has 2 heterocycles. The molecule has 8 heteroatoms. The number of benzene rings is 2. The number of carboxylic acid groups (broad SMARTS) is 2. The first-order chi connectivity index (χ1) is 13.5. The van der Waals surface area contributed by atoms with Crippen molar-refractivity contribution in [1.29, 1.82) is 0 Å². The molecule has 4 rings (SSSR count). The topological polar surface area (TPSA) is 112 Å². The molecule has 0 atom stereocenters. The van der Waals surface area contributed by atoms with Gasteiger partial charge in [-0.05, 0) is 47.5 Å². The second kappa shape index (κ2) is 6.99. The van der Waals surface area contributed by atoms with Crippen molar-refractivity contribution in [3.05, 3.63) is 58.7 Å². The molecule has 2 aromatic rings. The molecule has 0 aromatic heterocycles. The van der Waals surface area contributed by atoms with Crippen LogP contribution in [0.3, 0.4) is 0 Å². The van der Waals surface area contributed by atoms with Gasteiger partial charge in [-0.1, -0.05) is 12.1 Å². The van der Waals surface area contributed by atoms with Crippen molar-refractivity contribution in [1.82, 2.24) is 0 Å². The van der Waals surface area contributed by atoms with Crippen LogP contribution >= 0.6 is 0 Å². The highest BCUT2D eigenvalue weighted by atomic mass is 16.7. The fourth-order valence-electron chi connectivity index (χ4n) is 2.85. The maximum Gasteiger partial charge on any atom is 0.336 e. The Balaban J connectivity index is 1.75. The number of carboxylic acids is 2. The Morgan fingerprint density at radius 3 is 1.46 bits per heavy atom. The summed E-state index contributed by atoms with van der Waals surface area (Å²) in [6.07, 6.45) is 2.55. The van der Waals surface area contributed by atoms with Crippen molar-refractivity contribution in [3.8, 4) is 23.0 Å². The molecule has 0 amide bonds. The predicted molar refractivity (Wildman–Crippen MR) is 96.4 cm³/mol. The van der Waals surface area contributed by atoms with Gasteiger partial charge < -0.3 is 29.2 Å². The first-order valence-electron chi connectivity index (χ1n) is 8.21. The monoisotopic (exact) mass is 382 g/mol. The zero-order chi connectivity index (χ0) is 19.7. The number of hydrogen-bond donors (Lipinski definition) is 2. The molecule has 0 bridgehead atoms. The van der Waals surface area contributed by atoms with Crippen LogP contribution in [0.4, 0.5) is 0 Å². The van der Waals surface area contributed by atoms with E-state index in [9.17, 15) is 19.8 Å². The Kier molecular flexibility index (Phi) is 4.36. The van der Waals surface area contributed by atoms with Crippen molar-refractivity contribution in [2.24, 2.45) is 0 Å². The normalized spacial score (nSPS) is 14.9. The van der Waals surface area contributed by atoms with Gasteiger partial charge in [0.25, 0.3) is 0 Å². The molecule has 0 spiro atoms. The molecule has 2 aliphatic rings. The van der Waals surface area contributed by atoms with Crippen molar-refractivity contribution < 1.29 is 38.7 Å². The maximum absolute atomic E-state index is 11.8. The number of carbonyl (C=O) groups is 2. The minimum atomic E-state index is -1.37. The minimum absolute atomic E-state index is 0.0820. The number of aliphatic carboxylic acids is 2. The lowest BCUT2D eigenvalue weighted by Gasteiger charge is -2.06. The lowest BCUT2D eigenvalue weighted by Crippen LogP contribution is -2.11. The summed E-state index contributed by atoms with van der Waals surface area (Å²) in [7, 11) is 0. The maximum atomic E-state index is 11.8. The number of hydrogen-bond acceptors (Lipinski definition) is 6. The van der Waals surface area contributed by atoms with Gasteiger partial charge in [-0.15, -0.1) is 0 Å². The Bertz CT molecular complexity index is 951. The molecular formula is C20H14O8. The summed E-state index contributed by atoms with van der Waals surface area (Å²) in [6, 6.07) is 9.69. The summed E-state index contributed by atoms with van der Waals surface area (Å²) in [5.74, 6) is -0.712. The largest absolute Gasteiger partial charge is 0.478 e. The molecule has 2 aromatic carbocycles. The van der Waals surface area contributed by atoms with E-state index >= 15 is 0 Å². The average molecular weight is 382 g/mol. The van der Waals surface area contributed by atoms with Gasteiger partial charge in [0.05, 0.1) is 11.1 Å². The van der Waals surface area contributed by atoms with Crippen molar-refractivity contribution in [2.45, 2.75) is 0 Å². The van der Waals surface area contributed by atoms with Gasteiger partial charge in [0, 0.05) is 0 Å². The van der Waals surface area contributed by atoms with E-state index < -0.39 is 11.9 Å². The quantitative estimate of drug-likeness (QED) is 0.600. The van der Waals surface area contributed by atoms with Crippen LogP contribution in [0.25, 0.3) is 12.2 Å². The van der Waals surface area contributed by atoms with E-state index in [1.807, 2.05) is 0 Å². The lowest BCUT2D eigenvalue weighted by atomic mass is 10.00. The molecule has 28 heavy (non-hydrogen) atoms. The lowest BCUT2D eigenvalue weighted by molar-refractivity contribution is -0.136. The van der Waals surface area contributed by atoms with E-state index in [0.717, 1.165) is 0 Å². The number of rotatable bonds is 5. The molecule has 0 radical (unpaired) electrons. The van der Waals surface area contributed by atoms with E-state index in [2.05, 4.69) is 0 Å². The second-order valence-electron chi connectivity index (χ2n) is 5.95. The van der Waals surface area contributed by atoms with Gasteiger partial charge in [-0.25, -0.2) is 9.59 Å². The van der Waals surface area contributed by atoms with Crippen LogP contribution in [0.1, 0.15) is 11.1 Å². The van der Waals surface area contributed by atoms with E-state index in [4.69, 9.17) is 18.9 Å². The van der Waals surface area contributed by atoms with Crippen LogP contribution in [-0.4, -0.2) is 35.7 Å². The first kappa shape index (κ1) is 17.5. The summed E-state index contributed by atoms with van der Waals surface area (Å²) in [5.41, 5.74) is 0.201. The van der Waals surface area contributed by atoms with E-state index in [1.54, 1.807) is 36.4 Å². The first-order valence-corrected chi connectivity index (χ1v) is 8.21. The van der Waals surface area contributed by atoms with Crippen LogP contribution in [0.15, 0.2) is 47.5 Å². The highest BCUT2D eigenvalue weighted by Crippen LogP contribution is 2.35. The fourth-order valence-corrected chi connectivity index (χ4v) is 2.85. The van der Waals surface area contributed by atoms with Gasteiger partial charge in [0.15, 0.2) is 23.0 Å². The van der Waals surface area contributed by atoms with Crippen LogP contribution < -0.4 is 18.9 Å². The van der Waals surface area contributed by atoms with Crippen molar-refractivity contribution >= 4 is 24.1 Å². The third-order valence-corrected chi connectivity index (χ3v) is 4.17. The summed E-state index contributed by atoms with van der Waals surface area (Å²) >= 11 is 0. The second-order valence-corrected chi connectivity index (χ2v) is 5.95. The van der Waals surface area contributed by atoms with Crippen LogP contribution in [0, 0.1) is 0 Å². The molecule has 0 unspecified atom stereocenters. The van der Waals surface area contributed by atoms with E-state index in [1.165, 1.54) is 12.2 Å². The van der Waals surface area contributed by atoms with Crippen LogP contribution in [0.5, 0.6) is 23.0 Å². The molecular weight excluding hydrogens is 368 g/mol. The molecule has 8 nitrogen and oxygen atoms in total. The van der Waals surface area contributed by atoms with Gasteiger partial charge in [-0.3, -0.25) is 0 Å². The third-order valence-electron chi connectivity index (χ3n) is 4.17. The Hall–Kier alpha value is -3.94. The smallest absolute Gasteiger partial charge is 0.336 e. The number of fused-ring (bicyclic) bond motifs is 2. The van der Waals surface area contributed by atoms with E-state index in [0.29, 0.717) is 34.1 Å². The summed E-state index contributed by atoms with van der Waals surface area (Å²) in [4.78, 5) is 23.6. The summed E-state index contributed by atoms with van der Waals surface area (Å²) < 4.78 is 21.0. The summed E-state index contributed by atoms with van der Waals surface area (Å²) in [6.45, 7) is 0.164. The van der Waals surface area contributed by atoms with Crippen molar-refractivity contribution in [3.63, 3.8) is 0 Å². The fraction of sp³-hybridized carbons (Fsp3) is 0.100. The minimum Gasteiger partial charge on any atom is -0.478 e. The van der Waals surface area contributed by atoms with Crippen LogP contribution in [0.2, 0.25) is 0 Å². The molecule has 2 aliphatic heterocycles. The zero-order valence-corrected chi connectivity index (χ0v) is 14.4. The van der Waals surface area contributed by atoms with Crippen LogP contribution in [-0.2, 0) is 9.59 Å². The predicted octanol–water partition coefficient (Wildman–Crippen LogP) is 2.78. The highest BCUT2D eigenvalue weighted by molar-refractivity contribution is 6.11. The van der Waals surface area contributed by atoms with Gasteiger partial charge in [0.2, 0.25) is 13.6 Å². The van der Waals surface area contributed by atoms with Crippen molar-refractivity contribution in [2.75, 3.05) is 13.6 Å². The number of ether oxygens (including phenoxy) is 4. The van der Waals surface area contributed by atoms with Gasteiger partial charge in [0.1, 0.15) is 0 Å². The molecule has 0 fully saturated rings. The van der Waals surface area contributed by atoms with Gasteiger partial charge in [-0.2, -0.15) is 0 Å². The Morgan fingerprint density at radius 1 is 0.679 bits per heavy atom. The standard InChI is InChI=1S/C20H14O8/c21-19(22)13(5-11-1-3-15-17(7-11)27-9-25-15)14(20(23)24)6-12-2-4-16-18(8-12)28-10-26-16/h1-8H,9-10H2,(H,21,22)(H,23,24)/b13-5+,14-6+. The molecule has 0 aliphatic carbocycles. The molecule has 2 N–H and O–H groups in total. The average Bonchev–Trinajstić information content (AvgIpc) is 3.32. The zero-order valence-electron chi connectivity index (χ0n) is 14.4. The molecule has 0 saturated heterocycles. The highest BCUT2D eigenvalue weighted by Gasteiger charge is 2.22. The Morgan fingerprint density at radius 2 is 1.07 bits per heavy atom. The van der Waals surface area contributed by atoms with E-state index in [-0.39, 0.29) is 24.7 Å². The molecule has 142 valence electrons. The SMILES string of the molecule is O=C(O)C(=C/c1ccc2c(c1)OCO2)/C(=C\c1ccc2c(c1)OCO2)C(=O)O. The third kappa shape index (κ3) is 3.35. The Labute approximate surface area is 158 Å². The molecule has 0 saturated carbocycles. The summed E-state index contributed by atoms with van der Waals surface area (Å²) in [5, 5.41) is 19.2. The van der Waals surface area contributed by atoms with Gasteiger partial charge >= 0.3 is 11.9 Å².